The van der Waals surface area contributed by atoms with E-state index >= 15 is 0 Å². The van der Waals surface area contributed by atoms with Gasteiger partial charge in [-0.3, -0.25) is 4.98 Å². The molecule has 0 spiro atoms. The Morgan fingerprint density at radius 2 is 2.00 bits per heavy atom. The molecule has 0 aliphatic carbocycles. The summed E-state index contributed by atoms with van der Waals surface area (Å²) in [5, 5.41) is 0. The van der Waals surface area contributed by atoms with Crippen molar-refractivity contribution in [2.75, 3.05) is 11.4 Å². The second-order valence-electron chi connectivity index (χ2n) is 4.58. The van der Waals surface area contributed by atoms with Gasteiger partial charge in [-0.25, -0.2) is 0 Å². The summed E-state index contributed by atoms with van der Waals surface area (Å²) < 4.78 is 0. The van der Waals surface area contributed by atoms with E-state index in [9.17, 15) is 0 Å². The lowest BCUT2D eigenvalue weighted by Gasteiger charge is -2.37. The van der Waals surface area contributed by atoms with E-state index in [0.717, 1.165) is 6.54 Å². The van der Waals surface area contributed by atoms with Crippen molar-refractivity contribution in [3.63, 3.8) is 0 Å². The van der Waals surface area contributed by atoms with E-state index < -0.39 is 0 Å². The van der Waals surface area contributed by atoms with Crippen LogP contribution in [0, 0.1) is 6.92 Å². The average Bonchev–Trinajstić information content (AvgIpc) is 2.07. The second-order valence-corrected chi connectivity index (χ2v) is 4.58. The topological polar surface area (TPSA) is 16.1 Å². The zero-order valence-corrected chi connectivity index (χ0v) is 9.83. The summed E-state index contributed by atoms with van der Waals surface area (Å²) in [5.41, 5.74) is 2.69. The molecule has 0 unspecified atom stereocenters. The van der Waals surface area contributed by atoms with E-state index in [-0.39, 0.29) is 5.54 Å². The zero-order valence-electron chi connectivity index (χ0n) is 9.83. The van der Waals surface area contributed by atoms with Crippen LogP contribution in [0.4, 0.5) is 5.69 Å². The summed E-state index contributed by atoms with van der Waals surface area (Å²) in [6.07, 6.45) is 3.78. The quantitative estimate of drug-likeness (QED) is 0.716. The fraction of sp³-hybridized carbons (Fsp3) is 0.583. The first-order valence-electron chi connectivity index (χ1n) is 5.15. The largest absolute Gasteiger partial charge is 0.367 e. The van der Waals surface area contributed by atoms with Gasteiger partial charge in [0.1, 0.15) is 0 Å². The lowest BCUT2D eigenvalue weighted by molar-refractivity contribution is 0.512. The zero-order chi connectivity index (χ0) is 10.8. The minimum atomic E-state index is 0.168. The van der Waals surface area contributed by atoms with Crippen LogP contribution in [-0.2, 0) is 0 Å². The average molecular weight is 192 g/mol. The molecule has 0 saturated heterocycles. The second kappa shape index (κ2) is 3.99. The Bertz CT molecular complexity index is 299. The van der Waals surface area contributed by atoms with Crippen molar-refractivity contribution in [1.29, 1.82) is 0 Å². The molecular weight excluding hydrogens is 172 g/mol. The number of hydrogen-bond acceptors (Lipinski definition) is 2. The number of nitrogens with zero attached hydrogens (tertiary/aromatic N) is 2. The van der Waals surface area contributed by atoms with Gasteiger partial charge in [0, 0.05) is 30.2 Å². The monoisotopic (exact) mass is 192 g/mol. The smallest absolute Gasteiger partial charge is 0.0431 e. The molecule has 0 aliphatic rings. The summed E-state index contributed by atoms with van der Waals surface area (Å²) in [7, 11) is 0. The number of aromatic nitrogens is 1. The SMILES string of the molecule is CCN(c1ccncc1C)C(C)(C)C. The van der Waals surface area contributed by atoms with Crippen molar-refractivity contribution in [1.82, 2.24) is 4.98 Å². The molecule has 0 aliphatic heterocycles. The molecule has 2 nitrogen and oxygen atoms in total. The lowest BCUT2D eigenvalue weighted by atomic mass is 10.0. The Morgan fingerprint density at radius 3 is 2.43 bits per heavy atom. The maximum atomic E-state index is 4.12. The third-order valence-corrected chi connectivity index (χ3v) is 2.41. The van der Waals surface area contributed by atoms with E-state index in [1.807, 2.05) is 12.4 Å². The number of pyridine rings is 1. The van der Waals surface area contributed by atoms with Crippen LogP contribution in [0.15, 0.2) is 18.5 Å². The Morgan fingerprint density at radius 1 is 1.36 bits per heavy atom. The van der Waals surface area contributed by atoms with Gasteiger partial charge in [-0.05, 0) is 46.2 Å². The third kappa shape index (κ3) is 2.25. The molecule has 0 aromatic carbocycles. The number of aryl methyl sites for hydroxylation is 1. The number of hydrogen-bond donors (Lipinski definition) is 0. The molecule has 0 fully saturated rings. The van der Waals surface area contributed by atoms with Gasteiger partial charge in [0.05, 0.1) is 0 Å². The summed E-state index contributed by atoms with van der Waals surface area (Å²) in [6.45, 7) is 12.0. The van der Waals surface area contributed by atoms with Crippen molar-refractivity contribution in [3.8, 4) is 0 Å². The van der Waals surface area contributed by atoms with Crippen molar-refractivity contribution in [2.45, 2.75) is 40.2 Å². The highest BCUT2D eigenvalue weighted by Gasteiger charge is 2.20. The van der Waals surface area contributed by atoms with Gasteiger partial charge in [-0.1, -0.05) is 0 Å². The van der Waals surface area contributed by atoms with E-state index in [2.05, 4.69) is 50.6 Å². The fourth-order valence-corrected chi connectivity index (χ4v) is 1.77. The first-order valence-corrected chi connectivity index (χ1v) is 5.15. The molecule has 78 valence electrons. The van der Waals surface area contributed by atoms with E-state index in [4.69, 9.17) is 0 Å². The predicted molar refractivity (Wildman–Crippen MR) is 61.7 cm³/mol. The van der Waals surface area contributed by atoms with Gasteiger partial charge in [0.15, 0.2) is 0 Å². The molecule has 1 aromatic heterocycles. The van der Waals surface area contributed by atoms with Crippen LogP contribution in [0.2, 0.25) is 0 Å². The van der Waals surface area contributed by atoms with Crippen molar-refractivity contribution < 1.29 is 0 Å². The van der Waals surface area contributed by atoms with Gasteiger partial charge in [0.2, 0.25) is 0 Å². The molecule has 0 bridgehead atoms. The molecule has 0 radical (unpaired) electrons. The Kier molecular flexibility index (Phi) is 3.14. The maximum absolute atomic E-state index is 4.12. The minimum absolute atomic E-state index is 0.168. The molecular formula is C12H20N2. The first kappa shape index (κ1) is 11.0. The van der Waals surface area contributed by atoms with Crippen LogP contribution in [0.25, 0.3) is 0 Å². The van der Waals surface area contributed by atoms with Crippen molar-refractivity contribution >= 4 is 5.69 Å². The molecule has 1 heterocycles. The van der Waals surface area contributed by atoms with E-state index in [0.29, 0.717) is 0 Å². The highest BCUT2D eigenvalue weighted by molar-refractivity contribution is 5.53. The highest BCUT2D eigenvalue weighted by atomic mass is 15.2. The standard InChI is InChI=1S/C12H20N2/c1-6-14(12(3,4)5)11-7-8-13-9-10(11)2/h7-9H,6H2,1-5H3. The van der Waals surface area contributed by atoms with Gasteiger partial charge in [-0.2, -0.15) is 0 Å². The summed E-state index contributed by atoms with van der Waals surface area (Å²) in [5.74, 6) is 0. The summed E-state index contributed by atoms with van der Waals surface area (Å²) >= 11 is 0. The number of anilines is 1. The van der Waals surface area contributed by atoms with E-state index in [1.165, 1.54) is 11.3 Å². The predicted octanol–water partition coefficient (Wildman–Crippen LogP) is 3.01. The van der Waals surface area contributed by atoms with Crippen LogP contribution >= 0.6 is 0 Å². The van der Waals surface area contributed by atoms with Crippen LogP contribution in [-0.4, -0.2) is 17.1 Å². The van der Waals surface area contributed by atoms with Crippen LogP contribution in [0.5, 0.6) is 0 Å². The minimum Gasteiger partial charge on any atom is -0.367 e. The van der Waals surface area contributed by atoms with Crippen molar-refractivity contribution in [2.24, 2.45) is 0 Å². The van der Waals surface area contributed by atoms with Gasteiger partial charge < -0.3 is 4.90 Å². The van der Waals surface area contributed by atoms with Crippen LogP contribution in [0.1, 0.15) is 33.3 Å². The molecule has 14 heavy (non-hydrogen) atoms. The number of rotatable bonds is 2. The molecule has 0 amide bonds. The summed E-state index contributed by atoms with van der Waals surface area (Å²) in [6, 6.07) is 2.09. The fourth-order valence-electron chi connectivity index (χ4n) is 1.77. The van der Waals surface area contributed by atoms with Gasteiger partial charge in [0.25, 0.3) is 0 Å². The molecule has 1 aromatic rings. The summed E-state index contributed by atoms with van der Waals surface area (Å²) in [4.78, 5) is 6.51. The van der Waals surface area contributed by atoms with Gasteiger partial charge in [-0.15, -0.1) is 0 Å². The van der Waals surface area contributed by atoms with Gasteiger partial charge >= 0.3 is 0 Å². The maximum Gasteiger partial charge on any atom is 0.0431 e. The molecule has 1 rings (SSSR count). The molecule has 0 N–H and O–H groups in total. The lowest BCUT2D eigenvalue weighted by Crippen LogP contribution is -2.41. The Balaban J connectivity index is 3.08. The van der Waals surface area contributed by atoms with Crippen LogP contribution in [0.3, 0.4) is 0 Å². The van der Waals surface area contributed by atoms with Crippen molar-refractivity contribution in [3.05, 3.63) is 24.0 Å². The Labute approximate surface area is 87.0 Å². The molecule has 2 heteroatoms. The highest BCUT2D eigenvalue weighted by Crippen LogP contribution is 2.25. The first-order chi connectivity index (χ1) is 6.46. The molecule has 0 saturated carbocycles. The Hall–Kier alpha value is -1.05. The third-order valence-electron chi connectivity index (χ3n) is 2.41. The van der Waals surface area contributed by atoms with E-state index in [1.54, 1.807) is 0 Å². The molecule has 0 atom stereocenters. The van der Waals surface area contributed by atoms with Crippen LogP contribution < -0.4 is 4.90 Å². The normalized spacial score (nSPS) is 11.5.